The Kier molecular flexibility index (Phi) is 2.28. The molecule has 0 aromatic heterocycles. The molecule has 0 spiro atoms. The first kappa shape index (κ1) is 9.96. The second kappa shape index (κ2) is 2.98. The molecule has 0 N–H and O–H groups in total. The lowest BCUT2D eigenvalue weighted by Crippen LogP contribution is -2.33. The van der Waals surface area contributed by atoms with Gasteiger partial charge in [-0.2, -0.15) is 0 Å². The molecule has 1 atom stereocenters. The van der Waals surface area contributed by atoms with Gasteiger partial charge in [-0.05, 0) is 25.3 Å². The summed E-state index contributed by atoms with van der Waals surface area (Å²) in [5, 5.41) is 10.4. The third-order valence-corrected chi connectivity index (χ3v) is 2.79. The van der Waals surface area contributed by atoms with Crippen LogP contribution in [-0.4, -0.2) is 11.8 Å². The van der Waals surface area contributed by atoms with Gasteiger partial charge in [-0.25, -0.2) is 0 Å². The van der Waals surface area contributed by atoms with Crippen LogP contribution in [-0.2, 0) is 9.59 Å². The maximum Gasteiger partial charge on any atom is 0.161 e. The molecule has 0 aromatic rings. The van der Waals surface area contributed by atoms with Gasteiger partial charge in [0, 0.05) is 11.4 Å². The topological polar surface area (TPSA) is 57.2 Å². The van der Waals surface area contributed by atoms with E-state index in [4.69, 9.17) is 0 Å². The molecule has 0 radical (unpaired) electrons. The van der Waals surface area contributed by atoms with E-state index < -0.39 is 11.4 Å². The van der Waals surface area contributed by atoms with Gasteiger partial charge in [-0.3, -0.25) is 4.79 Å². The van der Waals surface area contributed by atoms with E-state index in [0.717, 1.165) is 5.57 Å². The lowest BCUT2D eigenvalue weighted by atomic mass is 9.76. The highest BCUT2D eigenvalue weighted by Crippen LogP contribution is 2.41. The van der Waals surface area contributed by atoms with Crippen molar-refractivity contribution in [3.63, 3.8) is 0 Å². The summed E-state index contributed by atoms with van der Waals surface area (Å²) in [6.07, 6.45) is 1.47. The average Bonchev–Trinajstić information content (AvgIpc) is 2.13. The van der Waals surface area contributed by atoms with Crippen molar-refractivity contribution < 1.29 is 14.7 Å². The fraction of sp³-hybridized carbons (Fsp3) is 0.600. The van der Waals surface area contributed by atoms with Crippen molar-refractivity contribution in [3.8, 4) is 0 Å². The summed E-state index contributed by atoms with van der Waals surface area (Å²) in [6, 6.07) is 0. The summed E-state index contributed by atoms with van der Waals surface area (Å²) in [5.74, 6) is -1.29. The van der Waals surface area contributed by atoms with Crippen molar-refractivity contribution in [2.75, 3.05) is 0 Å². The van der Waals surface area contributed by atoms with Gasteiger partial charge >= 0.3 is 0 Å². The van der Waals surface area contributed by atoms with E-state index in [1.165, 1.54) is 6.08 Å². The molecule has 0 heterocycles. The molecule has 1 aliphatic carbocycles. The Balaban J connectivity index is 2.90. The van der Waals surface area contributed by atoms with Gasteiger partial charge in [0.25, 0.3) is 0 Å². The molecule has 0 fully saturated rings. The van der Waals surface area contributed by atoms with E-state index in [9.17, 15) is 14.7 Å². The van der Waals surface area contributed by atoms with Gasteiger partial charge in [0.15, 0.2) is 5.78 Å². The Morgan fingerprint density at radius 2 is 2.15 bits per heavy atom. The van der Waals surface area contributed by atoms with Crippen LogP contribution >= 0.6 is 0 Å². The molecule has 0 aliphatic heterocycles. The number of allylic oxidation sites excluding steroid dienone is 2. The molecule has 0 saturated carbocycles. The molecule has 1 aliphatic rings. The highest BCUT2D eigenvalue weighted by molar-refractivity contribution is 5.98. The predicted molar refractivity (Wildman–Crippen MR) is 45.7 cm³/mol. The van der Waals surface area contributed by atoms with Gasteiger partial charge in [0.05, 0.1) is 0 Å². The molecule has 13 heavy (non-hydrogen) atoms. The predicted octanol–water partition coefficient (Wildman–Crippen LogP) is 0.298. The number of ketones is 1. The van der Waals surface area contributed by atoms with Crippen LogP contribution in [0, 0.1) is 11.3 Å². The SMILES string of the molecule is CC1=CC(=O)C(C)(C)C1CC(=O)[O-]. The lowest BCUT2D eigenvalue weighted by molar-refractivity contribution is -0.307. The number of carboxylic acid groups (broad SMARTS) is 1. The van der Waals surface area contributed by atoms with E-state index in [-0.39, 0.29) is 18.1 Å². The van der Waals surface area contributed by atoms with Crippen molar-refractivity contribution >= 4 is 11.8 Å². The molecule has 0 saturated heterocycles. The van der Waals surface area contributed by atoms with Crippen LogP contribution in [0.5, 0.6) is 0 Å². The van der Waals surface area contributed by atoms with Crippen LogP contribution < -0.4 is 5.11 Å². The quantitative estimate of drug-likeness (QED) is 0.615. The monoisotopic (exact) mass is 181 g/mol. The van der Waals surface area contributed by atoms with E-state index in [0.29, 0.717) is 0 Å². The number of hydrogen-bond acceptors (Lipinski definition) is 3. The number of aliphatic carboxylic acids is 1. The largest absolute Gasteiger partial charge is 0.550 e. The fourth-order valence-corrected chi connectivity index (χ4v) is 1.82. The summed E-state index contributed by atoms with van der Waals surface area (Å²) in [4.78, 5) is 21.9. The molecule has 1 rings (SSSR count). The number of carbonyl (C=O) groups excluding carboxylic acids is 2. The summed E-state index contributed by atoms with van der Waals surface area (Å²) in [5.41, 5.74) is 0.267. The molecule has 0 amide bonds. The van der Waals surface area contributed by atoms with Gasteiger partial charge in [0.1, 0.15) is 0 Å². The summed E-state index contributed by atoms with van der Waals surface area (Å²) >= 11 is 0. The third-order valence-electron chi connectivity index (χ3n) is 2.79. The molecule has 0 aromatic carbocycles. The second-order valence-electron chi connectivity index (χ2n) is 4.10. The Bertz CT molecular complexity index is 287. The standard InChI is InChI=1S/C10H14O3/c1-6-4-8(11)10(2,3)7(6)5-9(12)13/h4,7H,5H2,1-3H3,(H,12,13)/p-1. The Hall–Kier alpha value is -1.12. The van der Waals surface area contributed by atoms with Crippen LogP contribution in [0.15, 0.2) is 11.6 Å². The molecular formula is C10H13O3-. The molecule has 3 heteroatoms. The van der Waals surface area contributed by atoms with Crippen molar-refractivity contribution in [3.05, 3.63) is 11.6 Å². The minimum atomic E-state index is -1.10. The minimum absolute atomic E-state index is 0.0104. The average molecular weight is 181 g/mol. The van der Waals surface area contributed by atoms with E-state index >= 15 is 0 Å². The molecule has 72 valence electrons. The Labute approximate surface area is 77.4 Å². The maximum atomic E-state index is 11.4. The van der Waals surface area contributed by atoms with Gasteiger partial charge < -0.3 is 9.90 Å². The normalized spacial score (nSPS) is 25.9. The number of rotatable bonds is 2. The smallest absolute Gasteiger partial charge is 0.161 e. The van der Waals surface area contributed by atoms with Crippen molar-refractivity contribution in [1.82, 2.24) is 0 Å². The number of carbonyl (C=O) groups is 2. The van der Waals surface area contributed by atoms with Crippen molar-refractivity contribution in [1.29, 1.82) is 0 Å². The highest BCUT2D eigenvalue weighted by Gasteiger charge is 2.41. The summed E-state index contributed by atoms with van der Waals surface area (Å²) in [6.45, 7) is 5.34. The zero-order valence-electron chi connectivity index (χ0n) is 8.09. The Morgan fingerprint density at radius 1 is 1.62 bits per heavy atom. The number of carboxylic acids is 1. The lowest BCUT2D eigenvalue weighted by Gasteiger charge is -2.27. The first-order chi connectivity index (χ1) is 5.85. The van der Waals surface area contributed by atoms with Crippen LogP contribution in [0.1, 0.15) is 27.2 Å². The van der Waals surface area contributed by atoms with Gasteiger partial charge in [-0.15, -0.1) is 0 Å². The molecule has 0 bridgehead atoms. The minimum Gasteiger partial charge on any atom is -0.550 e. The van der Waals surface area contributed by atoms with Crippen molar-refractivity contribution in [2.24, 2.45) is 11.3 Å². The van der Waals surface area contributed by atoms with E-state index in [1.54, 1.807) is 20.8 Å². The third kappa shape index (κ3) is 1.64. The van der Waals surface area contributed by atoms with Crippen molar-refractivity contribution in [2.45, 2.75) is 27.2 Å². The maximum absolute atomic E-state index is 11.4. The van der Waals surface area contributed by atoms with Gasteiger partial charge in [-0.1, -0.05) is 19.4 Å². The zero-order valence-corrected chi connectivity index (χ0v) is 8.09. The number of hydrogen-bond donors (Lipinski definition) is 0. The second-order valence-corrected chi connectivity index (χ2v) is 4.10. The summed E-state index contributed by atoms with van der Waals surface area (Å²) < 4.78 is 0. The van der Waals surface area contributed by atoms with Crippen LogP contribution in [0.4, 0.5) is 0 Å². The first-order valence-corrected chi connectivity index (χ1v) is 4.28. The van der Waals surface area contributed by atoms with Crippen LogP contribution in [0.2, 0.25) is 0 Å². The molecule has 1 unspecified atom stereocenters. The van der Waals surface area contributed by atoms with Gasteiger partial charge in [0.2, 0.25) is 0 Å². The van der Waals surface area contributed by atoms with Crippen LogP contribution in [0.3, 0.4) is 0 Å². The van der Waals surface area contributed by atoms with E-state index in [1.807, 2.05) is 0 Å². The first-order valence-electron chi connectivity index (χ1n) is 4.28. The highest BCUT2D eigenvalue weighted by atomic mass is 16.4. The molecule has 3 nitrogen and oxygen atoms in total. The fourth-order valence-electron chi connectivity index (χ4n) is 1.82. The molecular weight excluding hydrogens is 168 g/mol. The van der Waals surface area contributed by atoms with Crippen LogP contribution in [0.25, 0.3) is 0 Å². The van der Waals surface area contributed by atoms with E-state index in [2.05, 4.69) is 0 Å². The Morgan fingerprint density at radius 3 is 2.46 bits per heavy atom. The summed E-state index contributed by atoms with van der Waals surface area (Å²) in [7, 11) is 0. The zero-order chi connectivity index (χ0) is 10.2.